The van der Waals surface area contributed by atoms with E-state index in [-0.39, 0.29) is 12.3 Å². The van der Waals surface area contributed by atoms with Gasteiger partial charge in [0.1, 0.15) is 0 Å². The Morgan fingerprint density at radius 1 is 1.09 bits per heavy atom. The first kappa shape index (κ1) is 24.0. The number of likely N-dealkylation sites (N-methyl/N-ethyl adjacent to an activating group) is 2. The third-order valence-electron chi connectivity index (χ3n) is 2.85. The van der Waals surface area contributed by atoms with Crippen LogP contribution in [0.3, 0.4) is 0 Å². The van der Waals surface area contributed by atoms with Gasteiger partial charge in [0, 0.05) is 6.42 Å². The number of carboxylic acid groups (broad SMARTS) is 1. The molecule has 23 heavy (non-hydrogen) atoms. The number of quaternary nitrogens is 2. The van der Waals surface area contributed by atoms with Crippen LogP contribution < -0.4 is 0 Å². The smallest absolute Gasteiger partial charge is 0.359 e. The van der Waals surface area contributed by atoms with Crippen molar-refractivity contribution in [2.24, 2.45) is 0 Å². The van der Waals surface area contributed by atoms with E-state index < -0.39 is 16.1 Å². The number of carbonyl (C=O) groups is 1. The molecule has 8 heteroatoms. The molecule has 0 radical (unpaired) electrons. The summed E-state index contributed by atoms with van der Waals surface area (Å²) in [5, 5.41) is 8.23. The fourth-order valence-electron chi connectivity index (χ4n) is 1.91. The molecule has 0 aliphatic carbocycles. The normalized spacial score (nSPS) is 12.0. The summed E-state index contributed by atoms with van der Waals surface area (Å²) in [6, 6.07) is 0. The highest BCUT2D eigenvalue weighted by Gasteiger charge is 2.18. The van der Waals surface area contributed by atoms with Crippen LogP contribution in [0.25, 0.3) is 0 Å². The summed E-state index contributed by atoms with van der Waals surface area (Å²) in [7, 11) is 3.69. The molecule has 0 aliphatic rings. The summed E-state index contributed by atoms with van der Waals surface area (Å²) in [6.45, 7) is 9.72. The van der Waals surface area contributed by atoms with Gasteiger partial charge in [-0.15, -0.1) is 0 Å². The molecule has 0 fully saturated rings. The Hall–Kier alpha value is -1.22. The van der Waals surface area contributed by atoms with Crippen molar-refractivity contribution in [3.63, 3.8) is 0 Å². The van der Waals surface area contributed by atoms with Crippen LogP contribution in [0.15, 0.2) is 25.3 Å². The first-order valence-electron chi connectivity index (χ1n) is 7.27. The average molecular weight is 352 g/mol. The Balaban J connectivity index is 0. The number of aliphatic carboxylic acids is 1. The van der Waals surface area contributed by atoms with Crippen LogP contribution in [0.2, 0.25) is 0 Å². The van der Waals surface area contributed by atoms with Crippen molar-refractivity contribution >= 4 is 16.1 Å². The van der Waals surface area contributed by atoms with Crippen LogP contribution in [0.1, 0.15) is 6.42 Å². The van der Waals surface area contributed by atoms with Crippen molar-refractivity contribution < 1.29 is 31.8 Å². The van der Waals surface area contributed by atoms with Crippen LogP contribution in [-0.4, -0.2) is 93.1 Å². The van der Waals surface area contributed by atoms with Crippen LogP contribution in [0, 0.1) is 0 Å². The molecule has 0 heterocycles. The molecular weight excluding hydrogens is 320 g/mol. The first-order chi connectivity index (χ1) is 10.2. The standard InChI is InChI=1S/C10H19NO3S.C5H11NO2/c1-4-7-11(3,8-5-2)9-6-10-15(12,13)14;1-6(2,3)4-5(7)8/h4-5H,1-2,6-10H2,3H3;4H2,1-3H3/p+2. The van der Waals surface area contributed by atoms with Crippen molar-refractivity contribution in [1.82, 2.24) is 0 Å². The monoisotopic (exact) mass is 352 g/mol. The van der Waals surface area contributed by atoms with Crippen molar-refractivity contribution in [2.75, 3.05) is 60.1 Å². The minimum atomic E-state index is -3.84. The van der Waals surface area contributed by atoms with E-state index in [9.17, 15) is 13.2 Å². The molecule has 0 rings (SSSR count). The predicted molar refractivity (Wildman–Crippen MR) is 92.7 cm³/mol. The largest absolute Gasteiger partial charge is 0.477 e. The molecule has 136 valence electrons. The van der Waals surface area contributed by atoms with Gasteiger partial charge in [-0.05, 0) is 12.2 Å². The number of carboxylic acids is 1. The van der Waals surface area contributed by atoms with Gasteiger partial charge in [0.05, 0.1) is 53.6 Å². The van der Waals surface area contributed by atoms with Gasteiger partial charge in [0.15, 0.2) is 6.54 Å². The minimum absolute atomic E-state index is 0.181. The Morgan fingerprint density at radius 2 is 1.52 bits per heavy atom. The van der Waals surface area contributed by atoms with Gasteiger partial charge in [-0.25, -0.2) is 4.79 Å². The second-order valence-electron chi connectivity index (χ2n) is 6.77. The van der Waals surface area contributed by atoms with E-state index in [4.69, 9.17) is 9.66 Å². The fourth-order valence-corrected chi connectivity index (χ4v) is 2.41. The van der Waals surface area contributed by atoms with E-state index >= 15 is 0 Å². The molecule has 0 atom stereocenters. The lowest BCUT2D eigenvalue weighted by atomic mass is 10.3. The molecule has 0 aromatic carbocycles. The molecule has 0 amide bonds. The second kappa shape index (κ2) is 10.5. The summed E-state index contributed by atoms with van der Waals surface area (Å²) in [4.78, 5) is 10.00. The first-order valence-corrected chi connectivity index (χ1v) is 8.88. The van der Waals surface area contributed by atoms with E-state index in [1.54, 1.807) is 12.2 Å². The Labute approximate surface area is 140 Å². The van der Waals surface area contributed by atoms with Crippen molar-refractivity contribution in [3.8, 4) is 0 Å². The minimum Gasteiger partial charge on any atom is -0.477 e. The Kier molecular flexibility index (Phi) is 11.0. The molecule has 0 spiro atoms. The molecule has 0 bridgehead atoms. The number of nitrogens with zero attached hydrogens (tertiary/aromatic N) is 2. The highest BCUT2D eigenvalue weighted by Crippen LogP contribution is 2.05. The number of hydrogen-bond acceptors (Lipinski definition) is 3. The lowest BCUT2D eigenvalue weighted by Gasteiger charge is -2.32. The number of hydrogen-bond donors (Lipinski definition) is 2. The van der Waals surface area contributed by atoms with E-state index in [0.717, 1.165) is 13.1 Å². The molecule has 0 saturated carbocycles. The maximum Gasteiger partial charge on any atom is 0.359 e. The molecule has 0 aromatic heterocycles. The van der Waals surface area contributed by atoms with E-state index in [2.05, 4.69) is 13.2 Å². The Morgan fingerprint density at radius 3 is 1.74 bits per heavy atom. The highest BCUT2D eigenvalue weighted by atomic mass is 32.2. The van der Waals surface area contributed by atoms with Gasteiger partial charge >= 0.3 is 5.97 Å². The molecule has 0 aromatic rings. The van der Waals surface area contributed by atoms with Crippen molar-refractivity contribution in [1.29, 1.82) is 0 Å². The topological polar surface area (TPSA) is 91.7 Å². The van der Waals surface area contributed by atoms with Gasteiger partial charge in [-0.3, -0.25) is 4.55 Å². The third kappa shape index (κ3) is 18.7. The van der Waals surface area contributed by atoms with Crippen molar-refractivity contribution in [3.05, 3.63) is 25.3 Å². The second-order valence-corrected chi connectivity index (χ2v) is 8.34. The molecule has 0 aliphatic heterocycles. The third-order valence-corrected chi connectivity index (χ3v) is 3.65. The zero-order valence-corrected chi connectivity index (χ0v) is 15.5. The van der Waals surface area contributed by atoms with E-state index in [0.29, 0.717) is 21.9 Å². The van der Waals surface area contributed by atoms with Gasteiger partial charge in [0.2, 0.25) is 0 Å². The lowest BCUT2D eigenvalue weighted by molar-refractivity contribution is -0.898. The zero-order chi connectivity index (χ0) is 18.7. The van der Waals surface area contributed by atoms with Gasteiger partial charge in [-0.2, -0.15) is 8.42 Å². The van der Waals surface area contributed by atoms with Crippen LogP contribution >= 0.6 is 0 Å². The molecule has 0 saturated heterocycles. The SMILES string of the molecule is C=CC[N+](C)(CC=C)CCCS(=O)(=O)O.C[N+](C)(C)CC(=O)O. The summed E-state index contributed by atoms with van der Waals surface area (Å²) >= 11 is 0. The maximum absolute atomic E-state index is 10.5. The number of rotatable bonds is 10. The predicted octanol–water partition coefficient (Wildman–Crippen LogP) is 0.860. The van der Waals surface area contributed by atoms with Crippen LogP contribution in [-0.2, 0) is 14.9 Å². The summed E-state index contributed by atoms with van der Waals surface area (Å²) < 4.78 is 30.8. The zero-order valence-electron chi connectivity index (χ0n) is 14.7. The lowest BCUT2D eigenvalue weighted by Crippen LogP contribution is -2.45. The fraction of sp³-hybridized carbons (Fsp3) is 0.667. The van der Waals surface area contributed by atoms with Gasteiger partial charge in [0.25, 0.3) is 10.1 Å². The molecular formula is C15H32N2O5S+2. The molecule has 7 nitrogen and oxygen atoms in total. The average Bonchev–Trinajstić information content (AvgIpc) is 2.24. The summed E-state index contributed by atoms with van der Waals surface area (Å²) in [6.07, 6.45) is 4.05. The van der Waals surface area contributed by atoms with Crippen LogP contribution in [0.4, 0.5) is 0 Å². The van der Waals surface area contributed by atoms with Gasteiger partial charge < -0.3 is 14.1 Å². The van der Waals surface area contributed by atoms with E-state index in [1.807, 2.05) is 28.2 Å². The van der Waals surface area contributed by atoms with Crippen molar-refractivity contribution in [2.45, 2.75) is 6.42 Å². The van der Waals surface area contributed by atoms with Gasteiger partial charge in [-0.1, -0.05) is 13.2 Å². The molecule has 0 unspecified atom stereocenters. The quantitative estimate of drug-likeness (QED) is 0.346. The van der Waals surface area contributed by atoms with E-state index in [1.165, 1.54) is 0 Å². The highest BCUT2D eigenvalue weighted by molar-refractivity contribution is 7.85. The Bertz CT molecular complexity index is 471. The maximum atomic E-state index is 10.5. The summed E-state index contributed by atoms with van der Waals surface area (Å²) in [5.41, 5.74) is 0. The molecule has 2 N–H and O–H groups in total. The summed E-state index contributed by atoms with van der Waals surface area (Å²) in [5.74, 6) is -0.938. The van der Waals surface area contributed by atoms with Crippen LogP contribution in [0.5, 0.6) is 0 Å².